The fourth-order valence-corrected chi connectivity index (χ4v) is 2.05. The Labute approximate surface area is 122 Å². The van der Waals surface area contributed by atoms with E-state index in [9.17, 15) is 5.11 Å². The highest BCUT2D eigenvalue weighted by atomic mass is 16.5. The molecular formula is C15H27N3O2. The average Bonchev–Trinajstić information content (AvgIpc) is 2.47. The van der Waals surface area contributed by atoms with E-state index in [4.69, 9.17) is 4.74 Å². The summed E-state index contributed by atoms with van der Waals surface area (Å²) in [5.41, 5.74) is 1.60. The highest BCUT2D eigenvalue weighted by Crippen LogP contribution is 2.23. The SMILES string of the molecule is CCC(C)N(CCOC)c1cnc(C(C)C)nc1CO. The molecule has 0 saturated heterocycles. The fraction of sp³-hybridized carbons (Fsp3) is 0.733. The average molecular weight is 281 g/mol. The molecule has 1 aromatic heterocycles. The van der Waals surface area contributed by atoms with Crippen molar-refractivity contribution < 1.29 is 9.84 Å². The van der Waals surface area contributed by atoms with Crippen molar-refractivity contribution in [2.24, 2.45) is 0 Å². The van der Waals surface area contributed by atoms with Crippen LogP contribution in [0.25, 0.3) is 0 Å². The number of aromatic nitrogens is 2. The van der Waals surface area contributed by atoms with Gasteiger partial charge in [0, 0.05) is 25.6 Å². The molecule has 20 heavy (non-hydrogen) atoms. The Kier molecular flexibility index (Phi) is 6.88. The minimum Gasteiger partial charge on any atom is -0.390 e. The summed E-state index contributed by atoms with van der Waals surface area (Å²) in [6.45, 7) is 9.74. The molecule has 1 atom stereocenters. The fourth-order valence-electron chi connectivity index (χ4n) is 2.05. The summed E-state index contributed by atoms with van der Waals surface area (Å²) < 4.78 is 5.18. The van der Waals surface area contributed by atoms with Gasteiger partial charge in [0.15, 0.2) is 0 Å². The Morgan fingerprint density at radius 2 is 2.05 bits per heavy atom. The Morgan fingerprint density at radius 1 is 1.35 bits per heavy atom. The molecule has 0 saturated carbocycles. The molecule has 0 aromatic carbocycles. The summed E-state index contributed by atoms with van der Waals surface area (Å²) in [4.78, 5) is 11.1. The molecule has 5 nitrogen and oxygen atoms in total. The quantitative estimate of drug-likeness (QED) is 0.792. The first-order valence-electron chi connectivity index (χ1n) is 7.27. The van der Waals surface area contributed by atoms with Crippen LogP contribution in [0.3, 0.4) is 0 Å². The number of methoxy groups -OCH3 is 1. The number of hydrogen-bond acceptors (Lipinski definition) is 5. The minimum atomic E-state index is -0.0719. The van der Waals surface area contributed by atoms with E-state index >= 15 is 0 Å². The summed E-state index contributed by atoms with van der Waals surface area (Å²) >= 11 is 0. The maximum Gasteiger partial charge on any atom is 0.131 e. The van der Waals surface area contributed by atoms with E-state index in [0.717, 1.165) is 24.5 Å². The molecule has 114 valence electrons. The van der Waals surface area contributed by atoms with Crippen molar-refractivity contribution in [2.45, 2.75) is 52.7 Å². The molecule has 1 aromatic rings. The van der Waals surface area contributed by atoms with Crippen LogP contribution in [0, 0.1) is 0 Å². The van der Waals surface area contributed by atoms with E-state index < -0.39 is 0 Å². The van der Waals surface area contributed by atoms with Crippen LogP contribution in [0.5, 0.6) is 0 Å². The summed E-state index contributed by atoms with van der Waals surface area (Å²) in [7, 11) is 1.69. The van der Waals surface area contributed by atoms with Crippen LogP contribution in [0.1, 0.15) is 51.6 Å². The number of nitrogens with zero attached hydrogens (tertiary/aromatic N) is 3. The van der Waals surface area contributed by atoms with Crippen LogP contribution in [0.4, 0.5) is 5.69 Å². The minimum absolute atomic E-state index is 0.0719. The van der Waals surface area contributed by atoms with Crippen molar-refractivity contribution in [2.75, 3.05) is 25.2 Å². The van der Waals surface area contributed by atoms with Gasteiger partial charge in [0.1, 0.15) is 5.82 Å². The molecular weight excluding hydrogens is 254 g/mol. The molecule has 0 fully saturated rings. The number of anilines is 1. The van der Waals surface area contributed by atoms with Gasteiger partial charge < -0.3 is 14.7 Å². The third-order valence-corrected chi connectivity index (χ3v) is 3.50. The third-order valence-electron chi connectivity index (χ3n) is 3.50. The zero-order chi connectivity index (χ0) is 15.1. The monoisotopic (exact) mass is 281 g/mol. The largest absolute Gasteiger partial charge is 0.390 e. The highest BCUT2D eigenvalue weighted by molar-refractivity contribution is 5.50. The Balaban J connectivity index is 3.11. The maximum atomic E-state index is 9.61. The van der Waals surface area contributed by atoms with Gasteiger partial charge in [-0.15, -0.1) is 0 Å². The van der Waals surface area contributed by atoms with Crippen molar-refractivity contribution in [3.63, 3.8) is 0 Å². The summed E-state index contributed by atoms with van der Waals surface area (Å²) in [6, 6.07) is 0.351. The first kappa shape index (κ1) is 16.9. The number of aliphatic hydroxyl groups excluding tert-OH is 1. The van der Waals surface area contributed by atoms with Crippen molar-refractivity contribution in [3.05, 3.63) is 17.7 Å². The number of ether oxygens (including phenoxy) is 1. The summed E-state index contributed by atoms with van der Waals surface area (Å²) in [6.07, 6.45) is 2.84. The van der Waals surface area contributed by atoms with Crippen molar-refractivity contribution in [1.82, 2.24) is 9.97 Å². The van der Waals surface area contributed by atoms with Gasteiger partial charge in [-0.25, -0.2) is 9.97 Å². The zero-order valence-corrected chi connectivity index (χ0v) is 13.3. The van der Waals surface area contributed by atoms with Crippen LogP contribution < -0.4 is 4.90 Å². The van der Waals surface area contributed by atoms with Crippen LogP contribution >= 0.6 is 0 Å². The number of rotatable bonds is 8. The van der Waals surface area contributed by atoms with Gasteiger partial charge >= 0.3 is 0 Å². The molecule has 0 amide bonds. The molecule has 1 N–H and O–H groups in total. The van der Waals surface area contributed by atoms with Gasteiger partial charge in [0.2, 0.25) is 0 Å². The second kappa shape index (κ2) is 8.17. The van der Waals surface area contributed by atoms with Gasteiger partial charge in [0.25, 0.3) is 0 Å². The summed E-state index contributed by atoms with van der Waals surface area (Å²) in [5, 5.41) is 9.61. The van der Waals surface area contributed by atoms with E-state index in [1.54, 1.807) is 7.11 Å². The predicted octanol–water partition coefficient (Wildman–Crippen LogP) is 2.34. The van der Waals surface area contributed by atoms with Gasteiger partial charge in [-0.3, -0.25) is 0 Å². The van der Waals surface area contributed by atoms with Crippen LogP contribution in [-0.4, -0.2) is 41.4 Å². The number of aliphatic hydroxyl groups is 1. The van der Waals surface area contributed by atoms with Gasteiger partial charge in [0.05, 0.1) is 30.8 Å². The Hall–Kier alpha value is -1.20. The standard InChI is InChI=1S/C15H27N3O2/c1-6-12(4)18(7-8-20-5)14-9-16-15(11(2)3)17-13(14)10-19/h9,11-12,19H,6-8,10H2,1-5H3. The predicted molar refractivity (Wildman–Crippen MR) is 81.0 cm³/mol. The molecule has 0 aliphatic carbocycles. The normalized spacial score (nSPS) is 12.8. The molecule has 0 radical (unpaired) electrons. The lowest BCUT2D eigenvalue weighted by atomic mass is 10.1. The molecule has 5 heteroatoms. The lowest BCUT2D eigenvalue weighted by Crippen LogP contribution is -2.36. The first-order valence-corrected chi connectivity index (χ1v) is 7.27. The van der Waals surface area contributed by atoms with E-state index in [2.05, 4.69) is 28.7 Å². The molecule has 0 aliphatic rings. The van der Waals surface area contributed by atoms with E-state index in [-0.39, 0.29) is 12.5 Å². The second-order valence-electron chi connectivity index (χ2n) is 5.32. The van der Waals surface area contributed by atoms with Crippen LogP contribution in [0.15, 0.2) is 6.20 Å². The van der Waals surface area contributed by atoms with Crippen LogP contribution in [0.2, 0.25) is 0 Å². The smallest absolute Gasteiger partial charge is 0.131 e. The Bertz CT molecular complexity index is 410. The van der Waals surface area contributed by atoms with Crippen molar-refractivity contribution in [3.8, 4) is 0 Å². The van der Waals surface area contributed by atoms with E-state index in [1.165, 1.54) is 0 Å². The second-order valence-corrected chi connectivity index (χ2v) is 5.32. The molecule has 1 unspecified atom stereocenters. The topological polar surface area (TPSA) is 58.5 Å². The first-order chi connectivity index (χ1) is 9.54. The highest BCUT2D eigenvalue weighted by Gasteiger charge is 2.18. The van der Waals surface area contributed by atoms with Gasteiger partial charge in [-0.1, -0.05) is 20.8 Å². The van der Waals surface area contributed by atoms with Crippen LogP contribution in [-0.2, 0) is 11.3 Å². The van der Waals surface area contributed by atoms with Gasteiger partial charge in [-0.2, -0.15) is 0 Å². The zero-order valence-electron chi connectivity index (χ0n) is 13.3. The summed E-state index contributed by atoms with van der Waals surface area (Å²) in [5.74, 6) is 1.03. The molecule has 1 heterocycles. The molecule has 0 spiro atoms. The lowest BCUT2D eigenvalue weighted by molar-refractivity contribution is 0.203. The van der Waals surface area contributed by atoms with Crippen molar-refractivity contribution in [1.29, 1.82) is 0 Å². The Morgan fingerprint density at radius 3 is 2.55 bits per heavy atom. The number of hydrogen-bond donors (Lipinski definition) is 1. The van der Waals surface area contributed by atoms with Gasteiger partial charge in [-0.05, 0) is 13.3 Å². The lowest BCUT2D eigenvalue weighted by Gasteiger charge is -2.31. The maximum absolute atomic E-state index is 9.61. The van der Waals surface area contributed by atoms with E-state index in [1.807, 2.05) is 20.0 Å². The molecule has 1 rings (SSSR count). The third kappa shape index (κ3) is 4.15. The molecule has 0 aliphatic heterocycles. The van der Waals surface area contributed by atoms with Crippen molar-refractivity contribution >= 4 is 5.69 Å². The molecule has 0 bridgehead atoms. The van der Waals surface area contributed by atoms with E-state index in [0.29, 0.717) is 18.3 Å².